The molecule has 0 aliphatic heterocycles. The van der Waals surface area contributed by atoms with E-state index < -0.39 is 0 Å². The first-order chi connectivity index (χ1) is 7.65. The number of nitrogen functional groups attached to an aromatic ring is 2. The molecule has 3 rings (SSSR count). The lowest BCUT2D eigenvalue weighted by Crippen LogP contribution is -1.88. The van der Waals surface area contributed by atoms with Crippen LogP contribution in [0.15, 0.2) is 34.7 Å². The van der Waals surface area contributed by atoms with Crippen LogP contribution in [-0.2, 0) is 0 Å². The minimum atomic E-state index is 0.731. The van der Waals surface area contributed by atoms with Crippen LogP contribution in [-0.4, -0.2) is 0 Å². The van der Waals surface area contributed by atoms with Gasteiger partial charge in [-0.15, -0.1) is 0 Å². The van der Waals surface area contributed by atoms with Crippen molar-refractivity contribution in [3.63, 3.8) is 0 Å². The third kappa shape index (κ3) is 1.15. The fourth-order valence-electron chi connectivity index (χ4n) is 1.96. The zero-order valence-electron chi connectivity index (χ0n) is 8.95. The summed E-state index contributed by atoms with van der Waals surface area (Å²) in [5.41, 5.74) is 15.9. The van der Waals surface area contributed by atoms with Crippen molar-refractivity contribution in [2.75, 3.05) is 11.5 Å². The summed E-state index contributed by atoms with van der Waals surface area (Å²) in [6, 6.07) is 9.53. The summed E-state index contributed by atoms with van der Waals surface area (Å²) in [6.45, 7) is 1.97. The summed E-state index contributed by atoms with van der Waals surface area (Å²) in [6.07, 6.45) is 0. The monoisotopic (exact) mass is 212 g/mol. The third-order valence-electron chi connectivity index (χ3n) is 2.88. The van der Waals surface area contributed by atoms with Crippen molar-refractivity contribution in [1.29, 1.82) is 0 Å². The van der Waals surface area contributed by atoms with E-state index in [1.165, 1.54) is 0 Å². The van der Waals surface area contributed by atoms with Crippen LogP contribution in [0.4, 0.5) is 11.4 Å². The second-order valence-electron chi connectivity index (χ2n) is 4.06. The predicted octanol–water partition coefficient (Wildman–Crippen LogP) is 3.06. The number of rotatable bonds is 0. The molecule has 0 atom stereocenters. The van der Waals surface area contributed by atoms with Crippen LogP contribution >= 0.6 is 0 Å². The fourth-order valence-corrected chi connectivity index (χ4v) is 1.96. The van der Waals surface area contributed by atoms with Crippen LogP contribution in [0.1, 0.15) is 5.56 Å². The van der Waals surface area contributed by atoms with Crippen molar-refractivity contribution < 1.29 is 4.42 Å². The molecule has 0 unspecified atom stereocenters. The van der Waals surface area contributed by atoms with Gasteiger partial charge in [0.15, 0.2) is 0 Å². The molecule has 3 heteroatoms. The molecule has 0 spiro atoms. The lowest BCUT2D eigenvalue weighted by Gasteiger charge is -1.98. The summed E-state index contributed by atoms with van der Waals surface area (Å²) in [5.74, 6) is 0. The van der Waals surface area contributed by atoms with E-state index in [1.807, 2.05) is 37.3 Å². The first kappa shape index (κ1) is 9.09. The topological polar surface area (TPSA) is 65.2 Å². The van der Waals surface area contributed by atoms with E-state index in [0.717, 1.165) is 38.9 Å². The molecule has 0 fully saturated rings. The van der Waals surface area contributed by atoms with Crippen molar-refractivity contribution in [1.82, 2.24) is 0 Å². The molecule has 0 radical (unpaired) electrons. The minimum absolute atomic E-state index is 0.731. The Bertz CT molecular complexity index is 698. The maximum Gasteiger partial charge on any atom is 0.135 e. The molecule has 1 heterocycles. The molecule has 3 nitrogen and oxygen atoms in total. The van der Waals surface area contributed by atoms with Crippen LogP contribution in [0.5, 0.6) is 0 Å². The van der Waals surface area contributed by atoms with E-state index in [0.29, 0.717) is 0 Å². The van der Waals surface area contributed by atoms with Gasteiger partial charge in [0.1, 0.15) is 11.2 Å². The fraction of sp³-hybridized carbons (Fsp3) is 0.0769. The molecule has 0 aliphatic carbocycles. The quantitative estimate of drug-likeness (QED) is 0.563. The number of fused-ring (bicyclic) bond motifs is 3. The van der Waals surface area contributed by atoms with Gasteiger partial charge in [0.05, 0.1) is 0 Å². The summed E-state index contributed by atoms with van der Waals surface area (Å²) in [7, 11) is 0. The second kappa shape index (κ2) is 2.92. The highest BCUT2D eigenvalue weighted by atomic mass is 16.3. The van der Waals surface area contributed by atoms with Gasteiger partial charge in [0.2, 0.25) is 0 Å². The maximum atomic E-state index is 5.90. The van der Waals surface area contributed by atoms with Crippen LogP contribution < -0.4 is 11.5 Å². The van der Waals surface area contributed by atoms with Gasteiger partial charge in [-0.3, -0.25) is 0 Å². The number of hydrogen-bond acceptors (Lipinski definition) is 3. The van der Waals surface area contributed by atoms with Crippen molar-refractivity contribution in [3.8, 4) is 0 Å². The van der Waals surface area contributed by atoms with Gasteiger partial charge in [0.25, 0.3) is 0 Å². The Kier molecular flexibility index (Phi) is 1.66. The molecule has 16 heavy (non-hydrogen) atoms. The number of nitrogens with two attached hydrogens (primary N) is 2. The Morgan fingerprint density at radius 3 is 2.50 bits per heavy atom. The lowest BCUT2D eigenvalue weighted by atomic mass is 10.1. The molecule has 4 N–H and O–H groups in total. The lowest BCUT2D eigenvalue weighted by molar-refractivity contribution is 0.668. The summed E-state index contributed by atoms with van der Waals surface area (Å²) in [4.78, 5) is 0. The van der Waals surface area contributed by atoms with Gasteiger partial charge in [-0.1, -0.05) is 0 Å². The Balaban J connectivity index is 2.53. The molecule has 0 saturated carbocycles. The summed E-state index contributed by atoms with van der Waals surface area (Å²) in [5, 5.41) is 2.03. The smallest absolute Gasteiger partial charge is 0.135 e. The van der Waals surface area contributed by atoms with Gasteiger partial charge in [0, 0.05) is 22.1 Å². The Morgan fingerprint density at radius 2 is 1.69 bits per heavy atom. The van der Waals surface area contributed by atoms with Gasteiger partial charge in [-0.05, 0) is 42.8 Å². The Hall–Kier alpha value is -2.16. The molecule has 0 aliphatic rings. The normalized spacial score (nSPS) is 11.3. The minimum Gasteiger partial charge on any atom is -0.456 e. The van der Waals surface area contributed by atoms with Gasteiger partial charge < -0.3 is 15.9 Å². The molecule has 80 valence electrons. The molecule has 3 aromatic rings. The van der Waals surface area contributed by atoms with Crippen LogP contribution in [0, 0.1) is 6.92 Å². The standard InChI is InChI=1S/C13H12N2O/c1-7-4-13-10(6-11(7)15)9-5-8(14)2-3-12(9)16-13/h2-6H,14-15H2,1H3. The number of benzene rings is 2. The zero-order valence-corrected chi connectivity index (χ0v) is 8.95. The van der Waals surface area contributed by atoms with Crippen molar-refractivity contribution in [2.45, 2.75) is 6.92 Å². The van der Waals surface area contributed by atoms with Gasteiger partial charge in [-0.25, -0.2) is 0 Å². The first-order valence-corrected chi connectivity index (χ1v) is 5.13. The third-order valence-corrected chi connectivity index (χ3v) is 2.88. The largest absolute Gasteiger partial charge is 0.456 e. The summed E-state index contributed by atoms with van der Waals surface area (Å²) < 4.78 is 5.73. The molecule has 1 aromatic heterocycles. The van der Waals surface area contributed by atoms with Crippen LogP contribution in [0.2, 0.25) is 0 Å². The van der Waals surface area contributed by atoms with Crippen LogP contribution in [0.3, 0.4) is 0 Å². The highest BCUT2D eigenvalue weighted by Crippen LogP contribution is 2.32. The average Bonchev–Trinajstić information content (AvgIpc) is 2.57. The molecular weight excluding hydrogens is 200 g/mol. The molecule has 2 aromatic carbocycles. The molecule has 0 amide bonds. The SMILES string of the molecule is Cc1cc2oc3ccc(N)cc3c2cc1N. The molecule has 0 bridgehead atoms. The Labute approximate surface area is 92.6 Å². The highest BCUT2D eigenvalue weighted by Gasteiger charge is 2.08. The second-order valence-corrected chi connectivity index (χ2v) is 4.06. The van der Waals surface area contributed by atoms with E-state index in [1.54, 1.807) is 0 Å². The zero-order chi connectivity index (χ0) is 11.3. The maximum absolute atomic E-state index is 5.90. The highest BCUT2D eigenvalue weighted by molar-refractivity contribution is 6.07. The van der Waals surface area contributed by atoms with E-state index in [9.17, 15) is 0 Å². The number of furan rings is 1. The summed E-state index contributed by atoms with van der Waals surface area (Å²) >= 11 is 0. The first-order valence-electron chi connectivity index (χ1n) is 5.13. The number of hydrogen-bond donors (Lipinski definition) is 2. The van der Waals surface area contributed by atoms with Crippen molar-refractivity contribution in [2.24, 2.45) is 0 Å². The number of anilines is 2. The number of aryl methyl sites for hydroxylation is 1. The average molecular weight is 212 g/mol. The van der Waals surface area contributed by atoms with Crippen molar-refractivity contribution >= 4 is 33.3 Å². The van der Waals surface area contributed by atoms with E-state index in [2.05, 4.69) is 0 Å². The van der Waals surface area contributed by atoms with E-state index in [-0.39, 0.29) is 0 Å². The van der Waals surface area contributed by atoms with Gasteiger partial charge >= 0.3 is 0 Å². The molecular formula is C13H12N2O. The predicted molar refractivity (Wildman–Crippen MR) is 67.3 cm³/mol. The van der Waals surface area contributed by atoms with Gasteiger partial charge in [-0.2, -0.15) is 0 Å². The van der Waals surface area contributed by atoms with E-state index in [4.69, 9.17) is 15.9 Å². The van der Waals surface area contributed by atoms with Crippen molar-refractivity contribution in [3.05, 3.63) is 35.9 Å². The molecule has 0 saturated heterocycles. The van der Waals surface area contributed by atoms with E-state index >= 15 is 0 Å². The van der Waals surface area contributed by atoms with Crippen LogP contribution in [0.25, 0.3) is 21.9 Å². The Morgan fingerprint density at radius 1 is 0.938 bits per heavy atom.